The van der Waals surface area contributed by atoms with Crippen LogP contribution in [0.25, 0.3) is 0 Å². The van der Waals surface area contributed by atoms with Crippen LogP contribution in [0, 0.1) is 0 Å². The van der Waals surface area contributed by atoms with Gasteiger partial charge in [-0.1, -0.05) is 25.1 Å². The molecule has 3 nitrogen and oxygen atoms in total. The topological polar surface area (TPSA) is 29.5 Å². The third-order valence-electron chi connectivity index (χ3n) is 2.80. The van der Waals surface area contributed by atoms with Gasteiger partial charge in [0.25, 0.3) is 0 Å². The Bertz CT molecular complexity index is 369. The first-order valence-electron chi connectivity index (χ1n) is 5.93. The van der Waals surface area contributed by atoms with Crippen molar-refractivity contribution in [3.05, 3.63) is 30.3 Å². The third-order valence-corrected chi connectivity index (χ3v) is 4.17. The summed E-state index contributed by atoms with van der Waals surface area (Å²) in [7, 11) is 0. The van der Waals surface area contributed by atoms with Crippen molar-refractivity contribution in [3.8, 4) is 5.75 Å². The molecular weight excluding hydrogens is 234 g/mol. The van der Waals surface area contributed by atoms with E-state index in [4.69, 9.17) is 4.74 Å². The van der Waals surface area contributed by atoms with Gasteiger partial charge in [-0.05, 0) is 18.6 Å². The number of carbonyl (C=O) groups excluding carboxylic acids is 1. The Kier molecular flexibility index (Phi) is 4.31. The molecular formula is C13H17NO2S. The summed E-state index contributed by atoms with van der Waals surface area (Å²) in [5.41, 5.74) is 0. The summed E-state index contributed by atoms with van der Waals surface area (Å²) in [6.45, 7) is 3.74. The number of benzene rings is 1. The normalized spacial score (nSPS) is 20.1. The molecule has 1 aliphatic heterocycles. The van der Waals surface area contributed by atoms with E-state index in [1.54, 1.807) is 17.0 Å². The van der Waals surface area contributed by atoms with Gasteiger partial charge in [-0.15, -0.1) is 0 Å². The summed E-state index contributed by atoms with van der Waals surface area (Å²) in [6.07, 6.45) is 0.870. The van der Waals surface area contributed by atoms with E-state index < -0.39 is 0 Å². The van der Waals surface area contributed by atoms with Gasteiger partial charge in [-0.2, -0.15) is 11.8 Å². The summed E-state index contributed by atoms with van der Waals surface area (Å²) in [6, 6.07) is 9.23. The molecule has 1 heterocycles. The van der Waals surface area contributed by atoms with Crippen LogP contribution in [0.15, 0.2) is 30.3 Å². The molecule has 1 saturated heterocycles. The molecule has 0 N–H and O–H groups in total. The number of ether oxygens (including phenoxy) is 1. The van der Waals surface area contributed by atoms with Crippen molar-refractivity contribution in [1.82, 2.24) is 4.90 Å². The lowest BCUT2D eigenvalue weighted by atomic mass is 10.3. The van der Waals surface area contributed by atoms with Crippen molar-refractivity contribution in [2.45, 2.75) is 18.6 Å². The second-order valence-electron chi connectivity index (χ2n) is 4.03. The van der Waals surface area contributed by atoms with E-state index >= 15 is 0 Å². The number of para-hydroxylation sites is 1. The van der Waals surface area contributed by atoms with Gasteiger partial charge in [0, 0.05) is 24.1 Å². The van der Waals surface area contributed by atoms with Crippen molar-refractivity contribution < 1.29 is 9.53 Å². The fourth-order valence-electron chi connectivity index (χ4n) is 1.79. The van der Waals surface area contributed by atoms with Crippen LogP contribution in [-0.4, -0.2) is 35.1 Å². The Hall–Kier alpha value is -1.16. The van der Waals surface area contributed by atoms with E-state index in [9.17, 15) is 4.79 Å². The highest BCUT2D eigenvalue weighted by molar-refractivity contribution is 8.00. The molecule has 1 aromatic carbocycles. The summed E-state index contributed by atoms with van der Waals surface area (Å²) in [5, 5.41) is 0.548. The molecule has 1 amide bonds. The second kappa shape index (κ2) is 5.96. The minimum atomic E-state index is -0.227. The van der Waals surface area contributed by atoms with Crippen LogP contribution >= 0.6 is 11.8 Å². The summed E-state index contributed by atoms with van der Waals surface area (Å²) >= 11 is 1.94. The molecule has 92 valence electrons. The lowest BCUT2D eigenvalue weighted by molar-refractivity contribution is 0.153. The van der Waals surface area contributed by atoms with Crippen LogP contribution in [-0.2, 0) is 0 Å². The first kappa shape index (κ1) is 12.3. The maximum absolute atomic E-state index is 11.9. The zero-order chi connectivity index (χ0) is 12.1. The minimum absolute atomic E-state index is 0.227. The average Bonchev–Trinajstić information content (AvgIpc) is 2.40. The number of carbonyl (C=O) groups is 1. The van der Waals surface area contributed by atoms with Crippen molar-refractivity contribution >= 4 is 17.9 Å². The predicted molar refractivity (Wildman–Crippen MR) is 70.6 cm³/mol. The van der Waals surface area contributed by atoms with Crippen molar-refractivity contribution in [3.63, 3.8) is 0 Å². The molecule has 0 saturated carbocycles. The molecule has 17 heavy (non-hydrogen) atoms. The average molecular weight is 251 g/mol. The van der Waals surface area contributed by atoms with Crippen LogP contribution in [0.2, 0.25) is 0 Å². The van der Waals surface area contributed by atoms with Gasteiger partial charge < -0.3 is 9.64 Å². The zero-order valence-electron chi connectivity index (χ0n) is 9.96. The second-order valence-corrected chi connectivity index (χ2v) is 5.44. The van der Waals surface area contributed by atoms with Crippen molar-refractivity contribution in [1.29, 1.82) is 0 Å². The molecule has 4 heteroatoms. The molecule has 1 fully saturated rings. The third kappa shape index (κ3) is 3.40. The lowest BCUT2D eigenvalue weighted by Crippen LogP contribution is -2.43. The fraction of sp³-hybridized carbons (Fsp3) is 0.462. The maximum atomic E-state index is 11.9. The molecule has 0 aliphatic carbocycles. The number of hydrogen-bond donors (Lipinski definition) is 0. The first-order chi connectivity index (χ1) is 8.29. The van der Waals surface area contributed by atoms with Gasteiger partial charge in [0.15, 0.2) is 0 Å². The standard InChI is InChI=1S/C13H17NO2S/c1-2-12-10-14(8-9-17-12)13(15)16-11-6-4-3-5-7-11/h3-7,12H,2,8-10H2,1H3. The van der Waals surface area contributed by atoms with Gasteiger partial charge in [0.2, 0.25) is 0 Å². The number of nitrogens with zero attached hydrogens (tertiary/aromatic N) is 1. The Labute approximate surface area is 106 Å². The number of rotatable bonds is 2. The number of thioether (sulfide) groups is 1. The highest BCUT2D eigenvalue weighted by Crippen LogP contribution is 2.22. The molecule has 1 unspecified atom stereocenters. The van der Waals surface area contributed by atoms with Gasteiger partial charge in [-0.3, -0.25) is 0 Å². The molecule has 0 aromatic heterocycles. The van der Waals surface area contributed by atoms with Crippen LogP contribution in [0.1, 0.15) is 13.3 Å². The summed E-state index contributed by atoms with van der Waals surface area (Å²) in [4.78, 5) is 13.7. The quantitative estimate of drug-likeness (QED) is 0.809. The van der Waals surface area contributed by atoms with Gasteiger partial charge in [0.05, 0.1) is 0 Å². The molecule has 0 bridgehead atoms. The van der Waals surface area contributed by atoms with E-state index in [1.165, 1.54) is 0 Å². The SMILES string of the molecule is CCC1CN(C(=O)Oc2ccccc2)CCS1. The van der Waals surface area contributed by atoms with Crippen LogP contribution in [0.5, 0.6) is 5.75 Å². The van der Waals surface area contributed by atoms with E-state index in [0.29, 0.717) is 11.0 Å². The Morgan fingerprint density at radius 3 is 2.94 bits per heavy atom. The maximum Gasteiger partial charge on any atom is 0.415 e. The minimum Gasteiger partial charge on any atom is -0.410 e. The Morgan fingerprint density at radius 1 is 1.47 bits per heavy atom. The summed E-state index contributed by atoms with van der Waals surface area (Å²) < 4.78 is 5.32. The van der Waals surface area contributed by atoms with Crippen molar-refractivity contribution in [2.75, 3.05) is 18.8 Å². The largest absolute Gasteiger partial charge is 0.415 e. The van der Waals surface area contributed by atoms with Crippen molar-refractivity contribution in [2.24, 2.45) is 0 Å². The van der Waals surface area contributed by atoms with Gasteiger partial charge in [0.1, 0.15) is 5.75 Å². The van der Waals surface area contributed by atoms with E-state index in [2.05, 4.69) is 6.92 Å². The van der Waals surface area contributed by atoms with Crippen LogP contribution in [0.3, 0.4) is 0 Å². The predicted octanol–water partition coefficient (Wildman–Crippen LogP) is 3.01. The monoisotopic (exact) mass is 251 g/mol. The Morgan fingerprint density at radius 2 is 2.24 bits per heavy atom. The molecule has 1 atom stereocenters. The molecule has 0 spiro atoms. The van der Waals surface area contributed by atoms with E-state index in [1.807, 2.05) is 30.0 Å². The van der Waals surface area contributed by atoms with Crippen LogP contribution in [0.4, 0.5) is 4.79 Å². The first-order valence-corrected chi connectivity index (χ1v) is 6.98. The molecule has 0 radical (unpaired) electrons. The van der Waals surface area contributed by atoms with E-state index in [0.717, 1.165) is 25.3 Å². The van der Waals surface area contributed by atoms with E-state index in [-0.39, 0.29) is 6.09 Å². The molecule has 1 aromatic rings. The molecule has 1 aliphatic rings. The van der Waals surface area contributed by atoms with Gasteiger partial charge in [-0.25, -0.2) is 4.79 Å². The summed E-state index contributed by atoms with van der Waals surface area (Å²) in [5.74, 6) is 1.62. The smallest absolute Gasteiger partial charge is 0.410 e. The Balaban J connectivity index is 1.91. The lowest BCUT2D eigenvalue weighted by Gasteiger charge is -2.30. The molecule has 2 rings (SSSR count). The highest BCUT2D eigenvalue weighted by Gasteiger charge is 2.24. The zero-order valence-corrected chi connectivity index (χ0v) is 10.8. The number of amides is 1. The highest BCUT2D eigenvalue weighted by atomic mass is 32.2. The van der Waals surface area contributed by atoms with Gasteiger partial charge >= 0.3 is 6.09 Å². The number of hydrogen-bond acceptors (Lipinski definition) is 3. The fourth-order valence-corrected chi connectivity index (χ4v) is 2.97. The van der Waals surface area contributed by atoms with Crippen LogP contribution < -0.4 is 4.74 Å².